The molecule has 124 valence electrons. The second-order valence-electron chi connectivity index (χ2n) is 6.64. The van der Waals surface area contributed by atoms with Crippen LogP contribution in [0.5, 0.6) is 0 Å². The van der Waals surface area contributed by atoms with E-state index in [1.807, 2.05) is 14.2 Å². The largest absolute Gasteiger partial charge is 0.397 e. The molecule has 0 aliphatic rings. The molecule has 0 unspecified atom stereocenters. The van der Waals surface area contributed by atoms with Gasteiger partial charge in [0.05, 0.1) is 0 Å². The summed E-state index contributed by atoms with van der Waals surface area (Å²) in [5, 5.41) is 0.150. The van der Waals surface area contributed by atoms with E-state index in [0.29, 0.717) is 0 Å². The highest BCUT2D eigenvalue weighted by molar-refractivity contribution is 6.70. The quantitative estimate of drug-likeness (QED) is 0.419. The molecule has 0 spiro atoms. The van der Waals surface area contributed by atoms with E-state index in [0.717, 1.165) is 6.04 Å². The zero-order chi connectivity index (χ0) is 14.8. The van der Waals surface area contributed by atoms with Crippen LogP contribution in [0.25, 0.3) is 0 Å². The van der Waals surface area contributed by atoms with Gasteiger partial charge in [0, 0.05) is 19.3 Å². The van der Waals surface area contributed by atoms with E-state index >= 15 is 0 Å². The van der Waals surface area contributed by atoms with Gasteiger partial charge < -0.3 is 8.85 Å². The fraction of sp³-hybridized carbons (Fsp3) is 1.00. The fourth-order valence-corrected chi connectivity index (χ4v) is 6.03. The molecule has 0 aromatic carbocycles. The fourth-order valence-electron chi connectivity index (χ4n) is 2.77. The smallest absolute Gasteiger partial charge is 0.343 e. The van der Waals surface area contributed by atoms with E-state index in [2.05, 4.69) is 27.7 Å². The number of rotatable bonds is 11. The topological polar surface area (TPSA) is 18.5 Å². The number of hydrogen-bond acceptors (Lipinski definition) is 2. The molecule has 0 atom stereocenters. The van der Waals surface area contributed by atoms with E-state index in [9.17, 15) is 0 Å². The lowest BCUT2D eigenvalue weighted by molar-refractivity contribution is 0.212. The molecule has 20 heavy (non-hydrogen) atoms. The Hall–Kier alpha value is 0.354. The third-order valence-electron chi connectivity index (χ3n) is 4.16. The second-order valence-corrected chi connectivity index (χ2v) is 11.0. The molecule has 0 saturated carbocycles. The zero-order valence-corrected chi connectivity index (χ0v) is 15.2. The molecule has 0 aliphatic carbocycles. The Morgan fingerprint density at radius 2 is 1.15 bits per heavy atom. The van der Waals surface area contributed by atoms with E-state index in [1.165, 1.54) is 51.4 Å². The minimum atomic E-state index is -2.03. The van der Waals surface area contributed by atoms with Crippen LogP contribution in [0.15, 0.2) is 0 Å². The van der Waals surface area contributed by atoms with Gasteiger partial charge in [0.25, 0.3) is 0 Å². The van der Waals surface area contributed by atoms with Crippen LogP contribution in [-0.4, -0.2) is 33.7 Å². The molecule has 0 N–H and O–H groups in total. The zero-order valence-electron chi connectivity index (χ0n) is 14.2. The maximum atomic E-state index is 5.83. The lowest BCUT2D eigenvalue weighted by atomic mass is 10.1. The van der Waals surface area contributed by atoms with Crippen molar-refractivity contribution in [3.63, 3.8) is 0 Å². The average molecular weight is 321 g/mol. The first-order chi connectivity index (χ1) is 8.93. The maximum absolute atomic E-state index is 5.83. The summed E-state index contributed by atoms with van der Waals surface area (Å²) >= 11 is 0. The van der Waals surface area contributed by atoms with Crippen molar-refractivity contribution in [1.82, 2.24) is 0 Å². The Bertz CT molecular complexity index is 211. The predicted octanol–water partition coefficient (Wildman–Crippen LogP) is 4.21. The standard InChI is InChI=1S/C16H36O2Si.H4Si/c1-7-8-9-10-11-12-13-14-15-19(17-5,18-6)16(2,3)4;/h7-15H2,1-6H3;1H4. The van der Waals surface area contributed by atoms with Crippen LogP contribution < -0.4 is 0 Å². The Labute approximate surface area is 133 Å². The molecule has 2 nitrogen and oxygen atoms in total. The van der Waals surface area contributed by atoms with E-state index in [1.54, 1.807) is 0 Å². The molecule has 0 amide bonds. The molecule has 0 aromatic rings. The van der Waals surface area contributed by atoms with Gasteiger partial charge in [-0.3, -0.25) is 0 Å². The molecular weight excluding hydrogens is 280 g/mol. The van der Waals surface area contributed by atoms with Crippen LogP contribution in [-0.2, 0) is 8.85 Å². The highest BCUT2D eigenvalue weighted by Gasteiger charge is 2.47. The molecule has 0 rings (SSSR count). The molecule has 0 fully saturated rings. The van der Waals surface area contributed by atoms with Gasteiger partial charge in [0.15, 0.2) is 0 Å². The summed E-state index contributed by atoms with van der Waals surface area (Å²) in [6.07, 6.45) is 10.9. The summed E-state index contributed by atoms with van der Waals surface area (Å²) in [5.74, 6) is 0. The Morgan fingerprint density at radius 3 is 1.50 bits per heavy atom. The van der Waals surface area contributed by atoms with Gasteiger partial charge in [-0.25, -0.2) is 0 Å². The van der Waals surface area contributed by atoms with E-state index < -0.39 is 8.56 Å². The molecule has 0 aromatic heterocycles. The normalized spacial score (nSPS) is 12.3. The van der Waals surface area contributed by atoms with Crippen molar-refractivity contribution in [2.75, 3.05) is 14.2 Å². The lowest BCUT2D eigenvalue weighted by Crippen LogP contribution is -2.48. The Morgan fingerprint density at radius 1 is 0.750 bits per heavy atom. The molecule has 0 heterocycles. The first-order valence-electron chi connectivity index (χ1n) is 8.04. The maximum Gasteiger partial charge on any atom is 0.343 e. The summed E-state index contributed by atoms with van der Waals surface area (Å²) < 4.78 is 11.7. The lowest BCUT2D eigenvalue weighted by Gasteiger charge is -2.38. The minimum absolute atomic E-state index is 0. The molecule has 4 heteroatoms. The van der Waals surface area contributed by atoms with Crippen LogP contribution in [0, 0.1) is 0 Å². The summed E-state index contributed by atoms with van der Waals surface area (Å²) in [6.45, 7) is 9.01. The SMILES string of the molecule is CCCCCCCCCC[Si](OC)(OC)C(C)(C)C.[SiH4]. The van der Waals surface area contributed by atoms with Crippen molar-refractivity contribution in [2.24, 2.45) is 0 Å². The van der Waals surface area contributed by atoms with E-state index in [4.69, 9.17) is 8.85 Å². The molecule has 0 bridgehead atoms. The molecule has 0 saturated heterocycles. The molecule has 0 radical (unpaired) electrons. The average Bonchev–Trinajstić information content (AvgIpc) is 2.36. The van der Waals surface area contributed by atoms with Crippen LogP contribution in [0.2, 0.25) is 11.1 Å². The second kappa shape index (κ2) is 12.0. The molecule has 0 aliphatic heterocycles. The van der Waals surface area contributed by atoms with Crippen LogP contribution in [0.1, 0.15) is 79.1 Å². The number of unbranched alkanes of at least 4 members (excludes halogenated alkanes) is 7. The third kappa shape index (κ3) is 7.96. The van der Waals surface area contributed by atoms with Gasteiger partial charge in [0.1, 0.15) is 0 Å². The van der Waals surface area contributed by atoms with Crippen molar-refractivity contribution in [3.8, 4) is 0 Å². The third-order valence-corrected chi connectivity index (χ3v) is 8.78. The van der Waals surface area contributed by atoms with Gasteiger partial charge in [-0.2, -0.15) is 0 Å². The van der Waals surface area contributed by atoms with Gasteiger partial charge >= 0.3 is 8.56 Å². The van der Waals surface area contributed by atoms with Crippen LogP contribution in [0.3, 0.4) is 0 Å². The van der Waals surface area contributed by atoms with Crippen molar-refractivity contribution in [1.29, 1.82) is 0 Å². The highest BCUT2D eigenvalue weighted by Crippen LogP contribution is 2.40. The minimum Gasteiger partial charge on any atom is -0.397 e. The van der Waals surface area contributed by atoms with Gasteiger partial charge in [-0.15, -0.1) is 0 Å². The number of hydrogen-bond donors (Lipinski definition) is 0. The molecular formula is C16H40O2Si2. The van der Waals surface area contributed by atoms with Gasteiger partial charge in [-0.1, -0.05) is 79.1 Å². The summed E-state index contributed by atoms with van der Waals surface area (Å²) in [7, 11) is 1.62. The van der Waals surface area contributed by atoms with E-state index in [-0.39, 0.29) is 16.0 Å². The van der Waals surface area contributed by atoms with Crippen molar-refractivity contribution in [3.05, 3.63) is 0 Å². The first kappa shape index (κ1) is 22.6. The Balaban J connectivity index is 0. The van der Waals surface area contributed by atoms with Crippen molar-refractivity contribution < 1.29 is 8.85 Å². The van der Waals surface area contributed by atoms with Crippen molar-refractivity contribution in [2.45, 2.75) is 90.1 Å². The predicted molar refractivity (Wildman–Crippen MR) is 98.2 cm³/mol. The summed E-state index contributed by atoms with van der Waals surface area (Å²) in [4.78, 5) is 0. The Kier molecular flexibility index (Phi) is 13.5. The van der Waals surface area contributed by atoms with Crippen LogP contribution in [0.4, 0.5) is 0 Å². The van der Waals surface area contributed by atoms with Gasteiger partial charge in [-0.05, 0) is 17.0 Å². The summed E-state index contributed by atoms with van der Waals surface area (Å²) in [5.41, 5.74) is 0. The van der Waals surface area contributed by atoms with Gasteiger partial charge in [0.2, 0.25) is 0 Å². The van der Waals surface area contributed by atoms with Crippen molar-refractivity contribution >= 4 is 19.5 Å². The highest BCUT2D eigenvalue weighted by atomic mass is 28.4. The summed E-state index contributed by atoms with van der Waals surface area (Å²) in [6, 6.07) is 1.12. The van der Waals surface area contributed by atoms with Crippen LogP contribution >= 0.6 is 0 Å². The monoisotopic (exact) mass is 320 g/mol. The first-order valence-corrected chi connectivity index (χ1v) is 10.1.